The Balaban J connectivity index is 4.23. The van der Waals surface area contributed by atoms with Crippen LogP contribution < -0.4 is 0 Å². The third-order valence-corrected chi connectivity index (χ3v) is 4.61. The van der Waals surface area contributed by atoms with Crippen molar-refractivity contribution in [2.24, 2.45) is 0 Å². The second kappa shape index (κ2) is 7.93. The molecule has 0 aliphatic rings. The molecule has 0 fully saturated rings. The van der Waals surface area contributed by atoms with Crippen molar-refractivity contribution >= 4 is 24.1 Å². The van der Waals surface area contributed by atoms with Gasteiger partial charge in [-0.25, -0.2) is 9.36 Å². The van der Waals surface area contributed by atoms with E-state index in [9.17, 15) is 9.36 Å². The van der Waals surface area contributed by atoms with Crippen LogP contribution in [0, 0.1) is 0 Å². The zero-order valence-electron chi connectivity index (χ0n) is 8.97. The van der Waals surface area contributed by atoms with Crippen LogP contribution in [0.3, 0.4) is 0 Å². The van der Waals surface area contributed by atoms with Crippen LogP contribution in [-0.2, 0) is 23.1 Å². The number of hydrogen-bond donors (Lipinski definition) is 0. The first-order valence-corrected chi connectivity index (χ1v) is 7.42. The van der Waals surface area contributed by atoms with E-state index in [2.05, 4.69) is 4.74 Å². The van der Waals surface area contributed by atoms with Crippen LogP contribution in [-0.4, -0.2) is 26.3 Å². The van der Waals surface area contributed by atoms with Crippen molar-refractivity contribution in [2.45, 2.75) is 13.8 Å². The van der Waals surface area contributed by atoms with Gasteiger partial charge in [0.1, 0.15) is 0 Å². The van der Waals surface area contributed by atoms with Crippen molar-refractivity contribution in [1.29, 1.82) is 0 Å². The molecule has 0 bridgehead atoms. The topological polar surface area (TPSA) is 61.8 Å². The van der Waals surface area contributed by atoms with Gasteiger partial charge in [0.15, 0.2) is 0 Å². The molecule has 0 amide bonds. The molecule has 7 heteroatoms. The van der Waals surface area contributed by atoms with Gasteiger partial charge < -0.3 is 13.8 Å². The monoisotopic (exact) mass is 254 g/mol. The third-order valence-electron chi connectivity index (χ3n) is 1.17. The molecule has 0 aromatic heterocycles. The Labute approximate surface area is 93.4 Å². The maximum Gasteiger partial charge on any atom is 0.393 e. The summed E-state index contributed by atoms with van der Waals surface area (Å²) >= 11 is 0.846. The first kappa shape index (κ1) is 14.7. The standard InChI is InChI=1S/C8H15O5PS/c1-4-12-14(10,13-5-2)15-7-6-8(9)11-3/h6-7H,4-5H2,1-3H3. The van der Waals surface area contributed by atoms with Crippen LogP contribution in [0.15, 0.2) is 11.5 Å². The lowest BCUT2D eigenvalue weighted by molar-refractivity contribution is -0.134. The minimum absolute atomic E-state index is 0.288. The number of methoxy groups -OCH3 is 1. The number of rotatable bonds is 7. The molecular formula is C8H15O5PS. The van der Waals surface area contributed by atoms with Gasteiger partial charge in [0.05, 0.1) is 20.3 Å². The van der Waals surface area contributed by atoms with Gasteiger partial charge in [0.2, 0.25) is 0 Å². The van der Waals surface area contributed by atoms with Gasteiger partial charge in [-0.3, -0.25) is 0 Å². The summed E-state index contributed by atoms with van der Waals surface area (Å²) in [5, 5.41) is 1.35. The molecule has 88 valence electrons. The molecular weight excluding hydrogens is 239 g/mol. The molecule has 0 spiro atoms. The quantitative estimate of drug-likeness (QED) is 0.395. The lowest BCUT2D eigenvalue weighted by Gasteiger charge is -2.13. The van der Waals surface area contributed by atoms with E-state index in [0.717, 1.165) is 17.5 Å². The molecule has 0 aliphatic carbocycles. The zero-order valence-corrected chi connectivity index (χ0v) is 10.7. The van der Waals surface area contributed by atoms with E-state index >= 15 is 0 Å². The number of esters is 1. The van der Waals surface area contributed by atoms with E-state index < -0.39 is 12.8 Å². The molecule has 0 saturated carbocycles. The number of carbonyl (C=O) groups is 1. The fourth-order valence-electron chi connectivity index (χ4n) is 0.643. The Morgan fingerprint density at radius 1 is 1.33 bits per heavy atom. The van der Waals surface area contributed by atoms with E-state index in [-0.39, 0.29) is 13.2 Å². The average molecular weight is 254 g/mol. The van der Waals surface area contributed by atoms with Crippen LogP contribution in [0.1, 0.15) is 13.8 Å². The van der Waals surface area contributed by atoms with Crippen molar-refractivity contribution in [3.05, 3.63) is 11.5 Å². The van der Waals surface area contributed by atoms with Gasteiger partial charge >= 0.3 is 12.8 Å². The van der Waals surface area contributed by atoms with E-state index in [1.54, 1.807) is 13.8 Å². The first-order valence-electron chi connectivity index (χ1n) is 4.40. The van der Waals surface area contributed by atoms with Crippen molar-refractivity contribution < 1.29 is 23.1 Å². The number of hydrogen-bond acceptors (Lipinski definition) is 6. The highest BCUT2D eigenvalue weighted by Crippen LogP contribution is 2.60. The molecule has 0 saturated heterocycles. The SMILES string of the molecule is CCOP(=O)(OCC)SC=CC(=O)OC. The van der Waals surface area contributed by atoms with Gasteiger partial charge in [-0.2, -0.15) is 0 Å². The Bertz CT molecular complexity index is 256. The molecule has 0 atom stereocenters. The lowest BCUT2D eigenvalue weighted by Crippen LogP contribution is -1.94. The summed E-state index contributed by atoms with van der Waals surface area (Å²) < 4.78 is 26.1. The van der Waals surface area contributed by atoms with Crippen molar-refractivity contribution in [3.63, 3.8) is 0 Å². The molecule has 0 radical (unpaired) electrons. The van der Waals surface area contributed by atoms with Gasteiger partial charge in [-0.1, -0.05) is 0 Å². The van der Waals surface area contributed by atoms with Crippen LogP contribution in [0.25, 0.3) is 0 Å². The first-order chi connectivity index (χ1) is 7.08. The van der Waals surface area contributed by atoms with Gasteiger partial charge in [0, 0.05) is 6.08 Å². The van der Waals surface area contributed by atoms with Gasteiger partial charge in [-0.05, 0) is 30.6 Å². The highest BCUT2D eigenvalue weighted by molar-refractivity contribution is 8.56. The van der Waals surface area contributed by atoms with Crippen LogP contribution >= 0.6 is 18.2 Å². The molecule has 0 aromatic carbocycles. The van der Waals surface area contributed by atoms with E-state index in [0.29, 0.717) is 0 Å². The largest absolute Gasteiger partial charge is 0.466 e. The second-order valence-electron chi connectivity index (χ2n) is 2.21. The summed E-state index contributed by atoms with van der Waals surface area (Å²) in [4.78, 5) is 10.7. The average Bonchev–Trinajstić information content (AvgIpc) is 2.18. The minimum atomic E-state index is -3.16. The normalized spacial score (nSPS) is 11.9. The second-order valence-corrected chi connectivity index (χ2v) is 6.08. The number of ether oxygens (including phenoxy) is 1. The highest BCUT2D eigenvalue weighted by atomic mass is 32.7. The summed E-state index contributed by atoms with van der Waals surface area (Å²) in [5.74, 6) is -0.512. The predicted octanol–water partition coefficient (Wildman–Crippen LogP) is 2.59. The molecule has 0 aliphatic heterocycles. The summed E-state index contributed by atoms with van der Waals surface area (Å²) in [6.07, 6.45) is 1.16. The van der Waals surface area contributed by atoms with Crippen molar-refractivity contribution in [2.75, 3.05) is 20.3 Å². The van der Waals surface area contributed by atoms with Gasteiger partial charge in [-0.15, -0.1) is 0 Å². The van der Waals surface area contributed by atoms with E-state index in [4.69, 9.17) is 9.05 Å². The Morgan fingerprint density at radius 2 is 1.87 bits per heavy atom. The maximum atomic E-state index is 11.8. The molecule has 0 N–H and O–H groups in total. The van der Waals surface area contributed by atoms with Crippen LogP contribution in [0.5, 0.6) is 0 Å². The van der Waals surface area contributed by atoms with Crippen LogP contribution in [0.4, 0.5) is 0 Å². The van der Waals surface area contributed by atoms with E-state index in [1.807, 2.05) is 0 Å². The zero-order chi connectivity index (χ0) is 11.7. The fourth-order valence-corrected chi connectivity index (χ4v) is 3.42. The third kappa shape index (κ3) is 6.73. The van der Waals surface area contributed by atoms with Crippen molar-refractivity contribution in [3.8, 4) is 0 Å². The fraction of sp³-hybridized carbons (Fsp3) is 0.625. The summed E-state index contributed by atoms with van der Waals surface area (Å²) in [6, 6.07) is 0. The Hall–Kier alpha value is -0.290. The Morgan fingerprint density at radius 3 is 2.27 bits per heavy atom. The molecule has 0 unspecified atom stereocenters. The highest BCUT2D eigenvalue weighted by Gasteiger charge is 2.22. The molecule has 15 heavy (non-hydrogen) atoms. The smallest absolute Gasteiger partial charge is 0.393 e. The molecule has 0 heterocycles. The summed E-state index contributed by atoms with van der Waals surface area (Å²) in [7, 11) is 1.27. The minimum Gasteiger partial charge on any atom is -0.466 e. The predicted molar refractivity (Wildman–Crippen MR) is 59.6 cm³/mol. The Kier molecular flexibility index (Phi) is 7.78. The van der Waals surface area contributed by atoms with Crippen LogP contribution in [0.2, 0.25) is 0 Å². The summed E-state index contributed by atoms with van der Waals surface area (Å²) in [5.41, 5.74) is 0. The molecule has 0 rings (SSSR count). The maximum absolute atomic E-state index is 11.8. The van der Waals surface area contributed by atoms with E-state index in [1.165, 1.54) is 12.5 Å². The molecule has 5 nitrogen and oxygen atoms in total. The van der Waals surface area contributed by atoms with Crippen molar-refractivity contribution in [1.82, 2.24) is 0 Å². The van der Waals surface area contributed by atoms with Gasteiger partial charge in [0.25, 0.3) is 0 Å². The lowest BCUT2D eigenvalue weighted by atomic mass is 10.7. The molecule has 0 aromatic rings. The summed E-state index contributed by atoms with van der Waals surface area (Å²) in [6.45, 7) is 0.849. The number of carbonyl (C=O) groups excluding carboxylic acids is 1.